The fraction of sp³-hybridized carbons (Fsp3) is 0.308. The molecule has 21 heavy (non-hydrogen) atoms. The number of benzene rings is 1. The van der Waals surface area contributed by atoms with Crippen molar-refractivity contribution in [2.24, 2.45) is 0 Å². The number of nitrogens with zero attached hydrogens (tertiary/aromatic N) is 2. The summed E-state index contributed by atoms with van der Waals surface area (Å²) < 4.78 is 15.7. The second-order valence-corrected chi connectivity index (χ2v) is 4.05. The molecule has 2 rings (SSSR count). The van der Waals surface area contributed by atoms with Crippen molar-refractivity contribution in [2.45, 2.75) is 6.54 Å². The molecule has 0 saturated heterocycles. The first kappa shape index (κ1) is 14.6. The molecule has 0 radical (unpaired) electrons. The van der Waals surface area contributed by atoms with Gasteiger partial charge < -0.3 is 19.5 Å². The minimum Gasteiger partial charge on any atom is -0.493 e. The van der Waals surface area contributed by atoms with Crippen LogP contribution in [0.4, 0.5) is 0 Å². The van der Waals surface area contributed by atoms with Gasteiger partial charge in [0, 0.05) is 6.54 Å². The minimum absolute atomic E-state index is 0.155. The van der Waals surface area contributed by atoms with E-state index in [0.29, 0.717) is 17.2 Å². The molecule has 0 aliphatic rings. The summed E-state index contributed by atoms with van der Waals surface area (Å²) in [7, 11) is 4.61. The average molecular weight is 292 g/mol. The molecule has 2 aromatic rings. The van der Waals surface area contributed by atoms with E-state index in [-0.39, 0.29) is 18.3 Å². The van der Waals surface area contributed by atoms with Crippen LogP contribution in [-0.2, 0) is 6.54 Å². The first-order valence-electron chi connectivity index (χ1n) is 6.12. The Labute approximate surface area is 121 Å². The lowest BCUT2D eigenvalue weighted by Crippen LogP contribution is -2.24. The predicted octanol–water partition coefficient (Wildman–Crippen LogP) is 0.761. The Hall–Kier alpha value is -2.77. The number of methoxy groups -OCH3 is 3. The highest BCUT2D eigenvalue weighted by Gasteiger charge is 2.14. The summed E-state index contributed by atoms with van der Waals surface area (Å²) in [6, 6.07) is 3.53. The van der Waals surface area contributed by atoms with Gasteiger partial charge in [0.1, 0.15) is 6.33 Å². The molecule has 1 amide bonds. The van der Waals surface area contributed by atoms with Gasteiger partial charge in [-0.15, -0.1) is 0 Å². The zero-order valence-electron chi connectivity index (χ0n) is 12.0. The van der Waals surface area contributed by atoms with E-state index in [0.717, 1.165) is 5.56 Å². The Balaban J connectivity index is 2.15. The second-order valence-electron chi connectivity index (χ2n) is 4.05. The SMILES string of the molecule is COc1cc(CNC(=O)c2ncn[nH]2)cc(OC)c1OC. The van der Waals surface area contributed by atoms with Crippen LogP contribution in [-0.4, -0.2) is 42.4 Å². The summed E-state index contributed by atoms with van der Waals surface area (Å²) in [6.07, 6.45) is 1.27. The van der Waals surface area contributed by atoms with E-state index in [9.17, 15) is 4.79 Å². The lowest BCUT2D eigenvalue weighted by Gasteiger charge is -2.14. The highest BCUT2D eigenvalue weighted by Crippen LogP contribution is 2.38. The van der Waals surface area contributed by atoms with Crippen LogP contribution in [0.5, 0.6) is 17.2 Å². The Bertz CT molecular complexity index is 588. The van der Waals surface area contributed by atoms with E-state index < -0.39 is 0 Å². The fourth-order valence-electron chi connectivity index (χ4n) is 1.82. The number of amides is 1. The van der Waals surface area contributed by atoms with Crippen molar-refractivity contribution in [1.82, 2.24) is 20.5 Å². The van der Waals surface area contributed by atoms with Crippen LogP contribution in [0.25, 0.3) is 0 Å². The molecule has 0 spiro atoms. The fourth-order valence-corrected chi connectivity index (χ4v) is 1.82. The molecule has 8 nitrogen and oxygen atoms in total. The van der Waals surface area contributed by atoms with Crippen LogP contribution in [0, 0.1) is 0 Å². The monoisotopic (exact) mass is 292 g/mol. The van der Waals surface area contributed by atoms with Crippen molar-refractivity contribution >= 4 is 5.91 Å². The molecule has 112 valence electrons. The number of aromatic amines is 1. The number of ether oxygens (including phenoxy) is 3. The molecular formula is C13H16N4O4. The van der Waals surface area contributed by atoms with Gasteiger partial charge in [0.05, 0.1) is 21.3 Å². The molecule has 1 heterocycles. The highest BCUT2D eigenvalue weighted by molar-refractivity contribution is 5.90. The molecular weight excluding hydrogens is 276 g/mol. The van der Waals surface area contributed by atoms with E-state index in [2.05, 4.69) is 20.5 Å². The molecule has 8 heteroatoms. The number of aromatic nitrogens is 3. The van der Waals surface area contributed by atoms with E-state index in [4.69, 9.17) is 14.2 Å². The second kappa shape index (κ2) is 6.60. The van der Waals surface area contributed by atoms with E-state index >= 15 is 0 Å². The summed E-state index contributed by atoms with van der Waals surface area (Å²) >= 11 is 0. The lowest BCUT2D eigenvalue weighted by molar-refractivity contribution is 0.0941. The van der Waals surface area contributed by atoms with Gasteiger partial charge in [-0.1, -0.05) is 0 Å². The van der Waals surface area contributed by atoms with Gasteiger partial charge in [-0.25, -0.2) is 4.98 Å². The van der Waals surface area contributed by atoms with Crippen molar-refractivity contribution in [3.05, 3.63) is 29.8 Å². The van der Waals surface area contributed by atoms with Gasteiger partial charge in [-0.3, -0.25) is 9.89 Å². The van der Waals surface area contributed by atoms with Gasteiger partial charge in [-0.05, 0) is 17.7 Å². The third-order valence-electron chi connectivity index (χ3n) is 2.81. The Morgan fingerprint density at radius 3 is 2.33 bits per heavy atom. The van der Waals surface area contributed by atoms with Crippen LogP contribution in [0.1, 0.15) is 16.2 Å². The summed E-state index contributed by atoms with van der Waals surface area (Å²) in [6.45, 7) is 0.288. The topological polar surface area (TPSA) is 98.4 Å². The van der Waals surface area contributed by atoms with Crippen molar-refractivity contribution in [3.8, 4) is 17.2 Å². The number of hydrogen-bond donors (Lipinski definition) is 2. The van der Waals surface area contributed by atoms with Crippen molar-refractivity contribution < 1.29 is 19.0 Å². The van der Waals surface area contributed by atoms with Gasteiger partial charge in [0.25, 0.3) is 5.91 Å². The number of hydrogen-bond acceptors (Lipinski definition) is 6. The largest absolute Gasteiger partial charge is 0.493 e. The molecule has 0 aliphatic carbocycles. The summed E-state index contributed by atoms with van der Waals surface area (Å²) in [5.41, 5.74) is 0.803. The van der Waals surface area contributed by atoms with E-state index in [1.165, 1.54) is 27.7 Å². The summed E-state index contributed by atoms with van der Waals surface area (Å²) in [5, 5.41) is 8.83. The van der Waals surface area contributed by atoms with Gasteiger partial charge in [-0.2, -0.15) is 5.10 Å². The van der Waals surface area contributed by atoms with Gasteiger partial charge in [0.2, 0.25) is 11.6 Å². The minimum atomic E-state index is -0.346. The molecule has 0 aliphatic heterocycles. The lowest BCUT2D eigenvalue weighted by atomic mass is 10.1. The zero-order chi connectivity index (χ0) is 15.2. The maximum absolute atomic E-state index is 11.8. The molecule has 0 unspecified atom stereocenters. The summed E-state index contributed by atoms with van der Waals surface area (Å²) in [4.78, 5) is 15.6. The smallest absolute Gasteiger partial charge is 0.288 e. The molecule has 1 aromatic carbocycles. The van der Waals surface area contributed by atoms with Gasteiger partial charge in [0.15, 0.2) is 11.5 Å². The number of nitrogens with one attached hydrogen (secondary N) is 2. The van der Waals surface area contributed by atoms with Crippen molar-refractivity contribution in [1.29, 1.82) is 0 Å². The van der Waals surface area contributed by atoms with Crippen LogP contribution in [0.2, 0.25) is 0 Å². The first-order chi connectivity index (χ1) is 10.2. The van der Waals surface area contributed by atoms with Crippen LogP contribution >= 0.6 is 0 Å². The Morgan fingerprint density at radius 2 is 1.86 bits per heavy atom. The van der Waals surface area contributed by atoms with Gasteiger partial charge >= 0.3 is 0 Å². The third-order valence-corrected chi connectivity index (χ3v) is 2.81. The normalized spacial score (nSPS) is 10.0. The Morgan fingerprint density at radius 1 is 1.19 bits per heavy atom. The van der Waals surface area contributed by atoms with Crippen molar-refractivity contribution in [3.63, 3.8) is 0 Å². The van der Waals surface area contributed by atoms with Crippen molar-refractivity contribution in [2.75, 3.05) is 21.3 Å². The number of H-pyrrole nitrogens is 1. The quantitative estimate of drug-likeness (QED) is 0.815. The van der Waals surface area contributed by atoms with E-state index in [1.54, 1.807) is 12.1 Å². The maximum Gasteiger partial charge on any atom is 0.288 e. The molecule has 0 atom stereocenters. The maximum atomic E-state index is 11.8. The number of carbonyl (C=O) groups excluding carboxylic acids is 1. The standard InChI is InChI=1S/C13H16N4O4/c1-19-9-4-8(5-10(20-2)11(9)21-3)6-14-13(18)12-15-7-16-17-12/h4-5,7H,6H2,1-3H3,(H,14,18)(H,15,16,17). The number of rotatable bonds is 6. The molecule has 1 aromatic heterocycles. The zero-order valence-corrected chi connectivity index (χ0v) is 12.0. The van der Waals surface area contributed by atoms with Crippen LogP contribution < -0.4 is 19.5 Å². The number of carbonyl (C=O) groups is 1. The average Bonchev–Trinajstić information content (AvgIpc) is 3.05. The molecule has 0 fully saturated rings. The van der Waals surface area contributed by atoms with Crippen LogP contribution in [0.15, 0.2) is 18.5 Å². The Kier molecular flexibility index (Phi) is 4.60. The highest BCUT2D eigenvalue weighted by atomic mass is 16.5. The molecule has 2 N–H and O–H groups in total. The van der Waals surface area contributed by atoms with E-state index in [1.807, 2.05) is 0 Å². The first-order valence-corrected chi connectivity index (χ1v) is 6.12. The third kappa shape index (κ3) is 3.22. The summed E-state index contributed by atoms with van der Waals surface area (Å²) in [5.74, 6) is 1.37. The van der Waals surface area contributed by atoms with Crippen LogP contribution in [0.3, 0.4) is 0 Å². The molecule has 0 saturated carbocycles. The molecule has 0 bridgehead atoms. The predicted molar refractivity (Wildman–Crippen MR) is 73.7 cm³/mol.